The predicted molar refractivity (Wildman–Crippen MR) is 138 cm³/mol. The lowest BCUT2D eigenvalue weighted by Gasteiger charge is -2.58. The molecule has 2 heteroatoms. The maximum absolute atomic E-state index is 12.6. The van der Waals surface area contributed by atoms with E-state index in [-0.39, 0.29) is 11.9 Å². The molecule has 0 heterocycles. The highest BCUT2D eigenvalue weighted by Gasteiger charge is 2.59. The summed E-state index contributed by atoms with van der Waals surface area (Å²) in [6, 6.07) is 0. The molecule has 0 unspecified atom stereocenters. The Morgan fingerprint density at radius 1 is 1.06 bits per heavy atom. The maximum Gasteiger partial charge on any atom is 0.309 e. The van der Waals surface area contributed by atoms with Crippen molar-refractivity contribution in [3.63, 3.8) is 0 Å². The smallest absolute Gasteiger partial charge is 0.309 e. The third-order valence-electron chi connectivity index (χ3n) is 11.1. The molecule has 0 N–H and O–H groups in total. The molecule has 0 radical (unpaired) electrons. The van der Waals surface area contributed by atoms with Gasteiger partial charge < -0.3 is 4.74 Å². The molecular formula is C31H52O2. The zero-order valence-corrected chi connectivity index (χ0v) is 22.6. The van der Waals surface area contributed by atoms with Gasteiger partial charge in [0.1, 0.15) is 0 Å². The Hall–Kier alpha value is -0.790. The summed E-state index contributed by atoms with van der Waals surface area (Å²) in [5.74, 6) is 5.42. The topological polar surface area (TPSA) is 26.3 Å². The van der Waals surface area contributed by atoms with Crippen LogP contribution in [0.15, 0.2) is 11.6 Å². The lowest BCUT2D eigenvalue weighted by molar-refractivity contribution is -0.150. The Labute approximate surface area is 204 Å². The number of rotatable bonds is 8. The molecule has 4 aliphatic carbocycles. The van der Waals surface area contributed by atoms with Crippen LogP contribution in [0.3, 0.4) is 0 Å². The molecule has 0 aromatic rings. The minimum Gasteiger partial charge on any atom is -0.465 e. The summed E-state index contributed by atoms with van der Waals surface area (Å²) < 4.78 is 5.53. The molecule has 3 fully saturated rings. The standard InChI is InChI=1S/C31H52O2/c1-7-19-33-29(32)23-15-17-30(5)24(20-23)11-12-25-27-14-13-26(22(4)10-8-9-21(2)3)31(27,6)18-16-28(25)30/h11,21-23,25-28H,7-10,12-20H2,1-6H3/t22-,23+,25-,26+,27+,28+,30-,31-/m0/s1. The molecule has 0 aromatic heterocycles. The minimum atomic E-state index is 0.0585. The fraction of sp³-hybridized carbons (Fsp3) is 0.903. The lowest BCUT2D eigenvalue weighted by Crippen LogP contribution is -2.50. The average molecular weight is 457 g/mol. The van der Waals surface area contributed by atoms with Gasteiger partial charge >= 0.3 is 5.97 Å². The summed E-state index contributed by atoms with van der Waals surface area (Å²) in [5.41, 5.74) is 2.49. The normalized spacial score (nSPS) is 41.1. The third kappa shape index (κ3) is 4.71. The van der Waals surface area contributed by atoms with Crippen molar-refractivity contribution in [1.29, 1.82) is 0 Å². The number of ether oxygens (including phenoxy) is 1. The molecule has 4 aliphatic rings. The van der Waals surface area contributed by atoms with Crippen molar-refractivity contribution in [2.45, 2.75) is 119 Å². The molecule has 188 valence electrons. The number of allylic oxidation sites excluding steroid dienone is 2. The quantitative estimate of drug-likeness (QED) is 0.270. The van der Waals surface area contributed by atoms with Crippen LogP contribution in [0.1, 0.15) is 119 Å². The number of fused-ring (bicyclic) bond motifs is 5. The fourth-order valence-corrected chi connectivity index (χ4v) is 9.21. The molecule has 0 saturated heterocycles. The Bertz CT molecular complexity index is 722. The molecule has 8 atom stereocenters. The van der Waals surface area contributed by atoms with Crippen LogP contribution in [0.25, 0.3) is 0 Å². The highest BCUT2D eigenvalue weighted by atomic mass is 16.5. The van der Waals surface area contributed by atoms with E-state index in [0.29, 0.717) is 17.4 Å². The summed E-state index contributed by atoms with van der Waals surface area (Å²) in [6.07, 6.45) is 17.9. The van der Waals surface area contributed by atoms with Crippen molar-refractivity contribution in [2.24, 2.45) is 52.3 Å². The van der Waals surface area contributed by atoms with Crippen molar-refractivity contribution in [3.05, 3.63) is 11.6 Å². The number of esters is 1. The summed E-state index contributed by atoms with van der Waals surface area (Å²) in [6.45, 7) is 15.2. The van der Waals surface area contributed by atoms with Crippen LogP contribution in [0, 0.1) is 52.3 Å². The molecule has 0 aliphatic heterocycles. The van der Waals surface area contributed by atoms with E-state index in [1.807, 2.05) is 0 Å². The van der Waals surface area contributed by atoms with Crippen LogP contribution in [-0.2, 0) is 9.53 Å². The van der Waals surface area contributed by atoms with Gasteiger partial charge in [0.2, 0.25) is 0 Å². The van der Waals surface area contributed by atoms with E-state index in [4.69, 9.17) is 4.74 Å². The molecule has 0 bridgehead atoms. The van der Waals surface area contributed by atoms with Gasteiger partial charge in [0.25, 0.3) is 0 Å². The van der Waals surface area contributed by atoms with Gasteiger partial charge in [0.05, 0.1) is 12.5 Å². The van der Waals surface area contributed by atoms with E-state index >= 15 is 0 Å². The van der Waals surface area contributed by atoms with E-state index in [1.165, 1.54) is 57.8 Å². The van der Waals surface area contributed by atoms with Crippen molar-refractivity contribution in [1.82, 2.24) is 0 Å². The number of hydrogen-bond acceptors (Lipinski definition) is 2. The number of carbonyl (C=O) groups excluding carboxylic acids is 1. The van der Waals surface area contributed by atoms with Gasteiger partial charge in [-0.3, -0.25) is 4.79 Å². The van der Waals surface area contributed by atoms with Gasteiger partial charge in [0.15, 0.2) is 0 Å². The van der Waals surface area contributed by atoms with Crippen molar-refractivity contribution in [3.8, 4) is 0 Å². The van der Waals surface area contributed by atoms with Crippen LogP contribution < -0.4 is 0 Å². The molecule has 33 heavy (non-hydrogen) atoms. The van der Waals surface area contributed by atoms with Crippen LogP contribution in [-0.4, -0.2) is 12.6 Å². The van der Waals surface area contributed by atoms with Crippen molar-refractivity contribution < 1.29 is 9.53 Å². The monoisotopic (exact) mass is 456 g/mol. The molecule has 2 nitrogen and oxygen atoms in total. The highest BCUT2D eigenvalue weighted by molar-refractivity contribution is 5.73. The first kappa shape index (κ1) is 25.3. The second-order valence-electron chi connectivity index (χ2n) is 13.4. The van der Waals surface area contributed by atoms with Crippen LogP contribution in [0.4, 0.5) is 0 Å². The zero-order valence-electron chi connectivity index (χ0n) is 22.6. The van der Waals surface area contributed by atoms with Gasteiger partial charge in [0, 0.05) is 0 Å². The number of hydrogen-bond donors (Lipinski definition) is 0. The third-order valence-corrected chi connectivity index (χ3v) is 11.1. The lowest BCUT2D eigenvalue weighted by atomic mass is 9.46. The Balaban J connectivity index is 1.45. The largest absolute Gasteiger partial charge is 0.465 e. The summed E-state index contributed by atoms with van der Waals surface area (Å²) in [7, 11) is 0. The molecule has 0 spiro atoms. The predicted octanol–water partition coefficient (Wildman–Crippen LogP) is 8.60. The molecule has 0 amide bonds. The average Bonchev–Trinajstić information content (AvgIpc) is 3.13. The fourth-order valence-electron chi connectivity index (χ4n) is 9.21. The number of carbonyl (C=O) groups is 1. The van der Waals surface area contributed by atoms with Crippen LogP contribution in [0.2, 0.25) is 0 Å². The van der Waals surface area contributed by atoms with E-state index in [0.717, 1.165) is 54.8 Å². The Kier molecular flexibility index (Phi) is 7.72. The molecule has 4 rings (SSSR count). The SMILES string of the molecule is CCCOC(=O)[C@@H]1CC[C@@]2(C)C(=CC[C@H]3[C@H]4CC[C@H]([C@@H](C)CCCC(C)C)[C@]4(C)CC[C@H]32)C1. The first-order chi connectivity index (χ1) is 15.7. The van der Waals surface area contributed by atoms with E-state index in [1.54, 1.807) is 5.57 Å². The van der Waals surface area contributed by atoms with Crippen molar-refractivity contribution in [2.75, 3.05) is 6.61 Å². The van der Waals surface area contributed by atoms with Gasteiger partial charge in [-0.05, 0) is 104 Å². The van der Waals surface area contributed by atoms with Crippen molar-refractivity contribution >= 4 is 5.97 Å². The Morgan fingerprint density at radius 2 is 1.85 bits per heavy atom. The molecular weight excluding hydrogens is 404 g/mol. The molecule has 3 saturated carbocycles. The second kappa shape index (κ2) is 10.1. The minimum absolute atomic E-state index is 0.0585. The van der Waals surface area contributed by atoms with Crippen LogP contribution in [0.5, 0.6) is 0 Å². The van der Waals surface area contributed by atoms with Gasteiger partial charge in [-0.25, -0.2) is 0 Å². The maximum atomic E-state index is 12.6. The molecule has 0 aromatic carbocycles. The van der Waals surface area contributed by atoms with E-state index in [9.17, 15) is 4.79 Å². The van der Waals surface area contributed by atoms with Gasteiger partial charge in [-0.2, -0.15) is 0 Å². The zero-order chi connectivity index (χ0) is 23.8. The van der Waals surface area contributed by atoms with Gasteiger partial charge in [-0.15, -0.1) is 0 Å². The van der Waals surface area contributed by atoms with E-state index in [2.05, 4.69) is 47.6 Å². The van der Waals surface area contributed by atoms with E-state index < -0.39 is 0 Å². The highest BCUT2D eigenvalue weighted by Crippen LogP contribution is 2.67. The van der Waals surface area contributed by atoms with Gasteiger partial charge in [-0.1, -0.05) is 72.5 Å². The first-order valence-electron chi connectivity index (χ1n) is 14.6. The van der Waals surface area contributed by atoms with Crippen LogP contribution >= 0.6 is 0 Å². The Morgan fingerprint density at radius 3 is 2.58 bits per heavy atom. The summed E-state index contributed by atoms with van der Waals surface area (Å²) in [4.78, 5) is 12.6. The first-order valence-corrected chi connectivity index (χ1v) is 14.6. The second-order valence-corrected chi connectivity index (χ2v) is 13.4. The summed E-state index contributed by atoms with van der Waals surface area (Å²) >= 11 is 0. The summed E-state index contributed by atoms with van der Waals surface area (Å²) in [5, 5.41) is 0.